The maximum atomic E-state index is 12.3. The first kappa shape index (κ1) is 19.5. The topological polar surface area (TPSA) is 102 Å². The Labute approximate surface area is 165 Å². The number of pyridine rings is 1. The van der Waals surface area contributed by atoms with Gasteiger partial charge in [0.2, 0.25) is 0 Å². The van der Waals surface area contributed by atoms with Gasteiger partial charge in [0.1, 0.15) is 6.33 Å². The van der Waals surface area contributed by atoms with Crippen molar-refractivity contribution < 1.29 is 9.00 Å². The van der Waals surface area contributed by atoms with Crippen LogP contribution < -0.4 is 5.32 Å². The first-order valence-electron chi connectivity index (χ1n) is 7.81. The number of amides is 1. The predicted octanol–water partition coefficient (Wildman–Crippen LogP) is 3.23. The summed E-state index contributed by atoms with van der Waals surface area (Å²) in [7, 11) is -2.26. The summed E-state index contributed by atoms with van der Waals surface area (Å²) in [4.78, 5) is 20.8. The van der Waals surface area contributed by atoms with Gasteiger partial charge in [0.05, 0.1) is 27.8 Å². The van der Waals surface area contributed by atoms with Crippen molar-refractivity contribution >= 4 is 44.3 Å². The van der Waals surface area contributed by atoms with Gasteiger partial charge < -0.3 is 5.32 Å². The molecule has 11 heteroatoms. The number of rotatable bonds is 5. The summed E-state index contributed by atoms with van der Waals surface area (Å²) in [5, 5.41) is 8.74. The minimum Gasteiger partial charge on any atom is -0.342 e. The average molecular weight is 425 g/mol. The Kier molecular flexibility index (Phi) is 5.59. The van der Waals surface area contributed by atoms with Crippen LogP contribution in [0.3, 0.4) is 0 Å². The number of halogens is 1. The Morgan fingerprint density at radius 1 is 1.37 bits per heavy atom. The predicted molar refractivity (Wildman–Crippen MR) is 106 cm³/mol. The van der Waals surface area contributed by atoms with Gasteiger partial charge in [-0.15, -0.1) is 11.3 Å². The molecule has 3 aromatic heterocycles. The molecule has 0 aromatic carbocycles. The Bertz CT molecular complexity index is 1070. The molecule has 3 aromatic rings. The maximum absolute atomic E-state index is 12.3. The highest BCUT2D eigenvalue weighted by Gasteiger charge is 2.18. The molecule has 1 N–H and O–H groups in total. The lowest BCUT2D eigenvalue weighted by Gasteiger charge is -2.14. The van der Waals surface area contributed by atoms with Crippen molar-refractivity contribution in [2.75, 3.05) is 12.5 Å². The van der Waals surface area contributed by atoms with Crippen LogP contribution in [0.5, 0.6) is 0 Å². The highest BCUT2D eigenvalue weighted by molar-refractivity contribution is 7.92. The van der Waals surface area contributed by atoms with Crippen LogP contribution in [-0.2, 0) is 9.73 Å². The average Bonchev–Trinajstić information content (AvgIpc) is 3.23. The first-order valence-corrected chi connectivity index (χ1v) is 11.4. The second kappa shape index (κ2) is 7.75. The lowest BCUT2D eigenvalue weighted by atomic mass is 10.2. The van der Waals surface area contributed by atoms with Crippen molar-refractivity contribution in [1.29, 1.82) is 0 Å². The highest BCUT2D eigenvalue weighted by Crippen LogP contribution is 2.21. The monoisotopic (exact) mass is 424 g/mol. The van der Waals surface area contributed by atoms with E-state index in [9.17, 15) is 9.00 Å². The summed E-state index contributed by atoms with van der Waals surface area (Å²) in [6, 6.07) is 4.61. The lowest BCUT2D eigenvalue weighted by molar-refractivity contribution is 0.0938. The van der Waals surface area contributed by atoms with E-state index in [1.54, 1.807) is 43.0 Å². The zero-order valence-electron chi connectivity index (χ0n) is 14.8. The third-order valence-corrected chi connectivity index (χ3v) is 5.15. The minimum absolute atomic E-state index is 0.247. The number of carbonyl (C=O) groups is 1. The van der Waals surface area contributed by atoms with Gasteiger partial charge in [0.25, 0.3) is 5.91 Å². The number of nitrogens with one attached hydrogen (secondary N) is 1. The summed E-state index contributed by atoms with van der Waals surface area (Å²) in [6.45, 7) is 1.80. The summed E-state index contributed by atoms with van der Waals surface area (Å²) < 4.78 is 17.9. The summed E-state index contributed by atoms with van der Waals surface area (Å²) >= 11 is 7.17. The molecule has 0 radical (unpaired) electrons. The molecule has 0 aliphatic rings. The van der Waals surface area contributed by atoms with Crippen molar-refractivity contribution in [1.82, 2.24) is 25.1 Å². The zero-order chi connectivity index (χ0) is 19.6. The van der Waals surface area contributed by atoms with Gasteiger partial charge in [-0.05, 0) is 25.1 Å². The van der Waals surface area contributed by atoms with Crippen LogP contribution in [0.1, 0.15) is 29.1 Å². The standard InChI is InChI=1S/C16H17ClN6O2S2/c1-10(21-16(24)11-6-13(17)26-8-11)15-19-9-20-23(15)14-5-4-12(7-18-14)22-27(2,3)25/h4-10H,1-3H3,(H,21,24)/t10-/m0/s1. The van der Waals surface area contributed by atoms with E-state index in [1.165, 1.54) is 28.5 Å². The first-order chi connectivity index (χ1) is 12.7. The Morgan fingerprint density at radius 3 is 2.74 bits per heavy atom. The van der Waals surface area contributed by atoms with Crippen molar-refractivity contribution in [3.8, 4) is 5.82 Å². The number of hydrogen-bond donors (Lipinski definition) is 1. The number of carbonyl (C=O) groups excluding carboxylic acids is 1. The van der Waals surface area contributed by atoms with Gasteiger partial charge >= 0.3 is 0 Å². The normalized spacial score (nSPS) is 12.6. The van der Waals surface area contributed by atoms with E-state index < -0.39 is 15.8 Å². The fraction of sp³-hybridized carbons (Fsp3) is 0.250. The van der Waals surface area contributed by atoms with Crippen LogP contribution in [-0.4, -0.2) is 42.4 Å². The molecule has 0 unspecified atom stereocenters. The van der Waals surface area contributed by atoms with Gasteiger partial charge in [-0.1, -0.05) is 11.6 Å². The molecule has 0 fully saturated rings. The van der Waals surface area contributed by atoms with E-state index in [0.717, 1.165) is 0 Å². The zero-order valence-corrected chi connectivity index (χ0v) is 17.2. The summed E-state index contributed by atoms with van der Waals surface area (Å²) in [5.74, 6) is 0.791. The van der Waals surface area contributed by atoms with Crippen LogP contribution in [0, 0.1) is 0 Å². The Morgan fingerprint density at radius 2 is 2.15 bits per heavy atom. The third kappa shape index (κ3) is 4.90. The molecule has 1 amide bonds. The van der Waals surface area contributed by atoms with E-state index >= 15 is 0 Å². The fourth-order valence-corrected chi connectivity index (χ4v) is 3.78. The molecule has 0 aliphatic heterocycles. The SMILES string of the molecule is C[C@H](NC(=O)c1csc(Cl)c1)c1ncnn1-c1ccc(N=S(C)(C)=O)cn1. The molecular formula is C16H17ClN6O2S2. The van der Waals surface area contributed by atoms with Crippen LogP contribution in [0.2, 0.25) is 4.34 Å². The number of thiophene rings is 1. The molecular weight excluding hydrogens is 408 g/mol. The van der Waals surface area contributed by atoms with E-state index in [2.05, 4.69) is 24.7 Å². The molecule has 1 atom stereocenters. The Balaban J connectivity index is 1.81. The van der Waals surface area contributed by atoms with Crippen LogP contribution in [0.15, 0.2) is 40.5 Å². The smallest absolute Gasteiger partial charge is 0.252 e. The van der Waals surface area contributed by atoms with E-state index in [0.29, 0.717) is 27.2 Å². The molecule has 0 bridgehead atoms. The third-order valence-electron chi connectivity index (χ3n) is 3.41. The molecule has 142 valence electrons. The van der Waals surface area contributed by atoms with Gasteiger partial charge in [0.15, 0.2) is 11.6 Å². The number of aromatic nitrogens is 4. The van der Waals surface area contributed by atoms with E-state index in [4.69, 9.17) is 11.6 Å². The van der Waals surface area contributed by atoms with Gasteiger partial charge in [-0.3, -0.25) is 4.79 Å². The van der Waals surface area contributed by atoms with Crippen molar-refractivity contribution in [2.45, 2.75) is 13.0 Å². The molecule has 3 heterocycles. The molecule has 0 saturated carbocycles. The van der Waals surface area contributed by atoms with Gasteiger partial charge in [-0.2, -0.15) is 14.1 Å². The quantitative estimate of drug-likeness (QED) is 0.677. The van der Waals surface area contributed by atoms with Crippen LogP contribution in [0.4, 0.5) is 5.69 Å². The molecule has 0 spiro atoms. The van der Waals surface area contributed by atoms with Gasteiger partial charge in [-0.25, -0.2) is 14.2 Å². The molecule has 0 saturated heterocycles. The summed E-state index contributed by atoms with van der Waals surface area (Å²) in [6.07, 6.45) is 6.03. The second-order valence-electron chi connectivity index (χ2n) is 6.01. The maximum Gasteiger partial charge on any atom is 0.252 e. The molecule has 8 nitrogen and oxygen atoms in total. The van der Waals surface area contributed by atoms with E-state index in [-0.39, 0.29) is 5.91 Å². The number of hydrogen-bond acceptors (Lipinski definition) is 7. The van der Waals surface area contributed by atoms with Crippen LogP contribution >= 0.6 is 22.9 Å². The highest BCUT2D eigenvalue weighted by atomic mass is 35.5. The molecule has 0 aliphatic carbocycles. The summed E-state index contributed by atoms with van der Waals surface area (Å²) in [5.41, 5.74) is 1.01. The largest absolute Gasteiger partial charge is 0.342 e. The molecule has 3 rings (SSSR count). The Hall–Kier alpha value is -2.30. The van der Waals surface area contributed by atoms with Crippen molar-refractivity contribution in [2.24, 2.45) is 4.36 Å². The second-order valence-corrected chi connectivity index (χ2v) is 10.1. The van der Waals surface area contributed by atoms with E-state index in [1.807, 2.05) is 0 Å². The van der Waals surface area contributed by atoms with Gasteiger partial charge in [0, 0.05) is 27.6 Å². The number of nitrogens with zero attached hydrogens (tertiary/aromatic N) is 5. The minimum atomic E-state index is -2.26. The van der Waals surface area contributed by atoms with Crippen LogP contribution in [0.25, 0.3) is 5.82 Å². The molecule has 27 heavy (non-hydrogen) atoms. The van der Waals surface area contributed by atoms with Crippen molar-refractivity contribution in [3.63, 3.8) is 0 Å². The lowest BCUT2D eigenvalue weighted by Crippen LogP contribution is -2.28. The fourth-order valence-electron chi connectivity index (χ4n) is 2.31. The van der Waals surface area contributed by atoms with Crippen molar-refractivity contribution in [3.05, 3.63) is 51.8 Å².